The first kappa shape index (κ1) is 11.1. The Morgan fingerprint density at radius 3 is 2.21 bits per heavy atom. The summed E-state index contributed by atoms with van der Waals surface area (Å²) in [6, 6.07) is 8.16. The third-order valence-corrected chi connectivity index (χ3v) is 2.22. The zero-order valence-electron chi connectivity index (χ0n) is 9.21. The minimum absolute atomic E-state index is 0.284. The van der Waals surface area contributed by atoms with Crippen LogP contribution in [-0.2, 0) is 6.42 Å². The molecule has 0 aliphatic carbocycles. The van der Waals surface area contributed by atoms with Crippen molar-refractivity contribution in [2.24, 2.45) is 5.73 Å². The molecule has 0 spiro atoms. The van der Waals surface area contributed by atoms with E-state index in [1.54, 1.807) is 0 Å². The molecule has 1 aromatic rings. The van der Waals surface area contributed by atoms with E-state index < -0.39 is 0 Å². The van der Waals surface area contributed by atoms with Crippen molar-refractivity contribution in [1.82, 2.24) is 0 Å². The van der Waals surface area contributed by atoms with E-state index in [1.807, 2.05) is 26.0 Å². The summed E-state index contributed by atoms with van der Waals surface area (Å²) in [4.78, 5) is 0. The van der Waals surface area contributed by atoms with Crippen molar-refractivity contribution in [3.05, 3.63) is 29.8 Å². The van der Waals surface area contributed by atoms with Crippen LogP contribution in [0.2, 0.25) is 0 Å². The van der Waals surface area contributed by atoms with Gasteiger partial charge in [0.05, 0.1) is 0 Å². The van der Waals surface area contributed by atoms with E-state index in [0.717, 1.165) is 12.2 Å². The lowest BCUT2D eigenvalue weighted by molar-refractivity contribution is 0.119. The zero-order chi connectivity index (χ0) is 10.6. The topological polar surface area (TPSA) is 35.2 Å². The quantitative estimate of drug-likeness (QED) is 0.796. The summed E-state index contributed by atoms with van der Waals surface area (Å²) < 4.78 is 5.73. The summed E-state index contributed by atoms with van der Waals surface area (Å²) in [6.45, 7) is 6.63. The van der Waals surface area contributed by atoms with Gasteiger partial charge in [-0.15, -0.1) is 0 Å². The van der Waals surface area contributed by atoms with E-state index >= 15 is 0 Å². The third kappa shape index (κ3) is 3.04. The lowest BCUT2D eigenvalue weighted by Gasteiger charge is -2.24. The molecule has 0 radical (unpaired) electrons. The average molecular weight is 193 g/mol. The Morgan fingerprint density at radius 1 is 1.21 bits per heavy atom. The molecule has 0 aromatic heterocycles. The van der Waals surface area contributed by atoms with Crippen LogP contribution in [0.5, 0.6) is 5.75 Å². The van der Waals surface area contributed by atoms with Gasteiger partial charge in [-0.2, -0.15) is 0 Å². The van der Waals surface area contributed by atoms with Gasteiger partial charge in [-0.1, -0.05) is 19.1 Å². The van der Waals surface area contributed by atoms with Crippen molar-refractivity contribution in [2.75, 3.05) is 6.54 Å². The molecule has 1 aromatic carbocycles. The fourth-order valence-corrected chi connectivity index (χ4v) is 1.15. The van der Waals surface area contributed by atoms with E-state index in [4.69, 9.17) is 10.5 Å². The molecule has 0 aliphatic rings. The van der Waals surface area contributed by atoms with Gasteiger partial charge < -0.3 is 10.5 Å². The van der Waals surface area contributed by atoms with Crippen LogP contribution in [0, 0.1) is 0 Å². The number of hydrogen-bond acceptors (Lipinski definition) is 2. The van der Waals surface area contributed by atoms with Crippen LogP contribution in [-0.4, -0.2) is 12.1 Å². The van der Waals surface area contributed by atoms with Crippen molar-refractivity contribution >= 4 is 0 Å². The number of nitrogens with two attached hydrogens (primary N) is 1. The molecule has 0 bridgehead atoms. The van der Waals surface area contributed by atoms with Gasteiger partial charge >= 0.3 is 0 Å². The van der Waals surface area contributed by atoms with Crippen LogP contribution >= 0.6 is 0 Å². The Labute approximate surface area is 86.1 Å². The van der Waals surface area contributed by atoms with Crippen LogP contribution in [0.1, 0.15) is 26.3 Å². The molecule has 0 atom stereocenters. The van der Waals surface area contributed by atoms with E-state index in [-0.39, 0.29) is 5.60 Å². The molecule has 1 rings (SSSR count). The molecule has 0 saturated carbocycles. The van der Waals surface area contributed by atoms with Crippen molar-refractivity contribution in [3.63, 3.8) is 0 Å². The summed E-state index contributed by atoms with van der Waals surface area (Å²) in [7, 11) is 0. The molecule has 0 saturated heterocycles. The summed E-state index contributed by atoms with van der Waals surface area (Å²) in [5, 5.41) is 0. The largest absolute Gasteiger partial charge is 0.487 e. The molecular weight excluding hydrogens is 174 g/mol. The second kappa shape index (κ2) is 4.47. The molecule has 78 valence electrons. The second-order valence-electron chi connectivity index (χ2n) is 4.06. The fourth-order valence-electron chi connectivity index (χ4n) is 1.15. The van der Waals surface area contributed by atoms with E-state index in [0.29, 0.717) is 6.54 Å². The molecule has 2 N–H and O–H groups in total. The van der Waals surface area contributed by atoms with Crippen molar-refractivity contribution in [2.45, 2.75) is 32.8 Å². The predicted octanol–water partition coefficient (Wildman–Crippen LogP) is 2.37. The van der Waals surface area contributed by atoms with Crippen molar-refractivity contribution < 1.29 is 4.74 Å². The highest BCUT2D eigenvalue weighted by Crippen LogP contribution is 2.18. The smallest absolute Gasteiger partial charge is 0.120 e. The molecule has 2 nitrogen and oxygen atoms in total. The highest BCUT2D eigenvalue weighted by atomic mass is 16.5. The first-order valence-electron chi connectivity index (χ1n) is 5.05. The molecule has 14 heavy (non-hydrogen) atoms. The van der Waals surface area contributed by atoms with Crippen LogP contribution in [0.25, 0.3) is 0 Å². The van der Waals surface area contributed by atoms with E-state index in [9.17, 15) is 0 Å². The summed E-state index contributed by atoms with van der Waals surface area (Å²) in [5.74, 6) is 0.887. The minimum Gasteiger partial charge on any atom is -0.487 e. The first-order valence-corrected chi connectivity index (χ1v) is 5.05. The predicted molar refractivity (Wildman–Crippen MR) is 59.6 cm³/mol. The molecule has 0 heterocycles. The molecule has 0 amide bonds. The van der Waals surface area contributed by atoms with Gasteiger partial charge in [0.25, 0.3) is 0 Å². The summed E-state index contributed by atoms with van der Waals surface area (Å²) in [5.41, 5.74) is 6.62. The number of rotatable bonds is 4. The molecule has 2 heteroatoms. The fraction of sp³-hybridized carbons (Fsp3) is 0.500. The zero-order valence-corrected chi connectivity index (χ0v) is 9.21. The Balaban J connectivity index is 2.69. The maximum absolute atomic E-state index is 5.73. The maximum atomic E-state index is 5.73. The minimum atomic E-state index is -0.284. The van der Waals surface area contributed by atoms with Crippen LogP contribution in [0.15, 0.2) is 24.3 Å². The normalized spacial score (nSPS) is 11.4. The number of ether oxygens (including phenoxy) is 1. The highest BCUT2D eigenvalue weighted by molar-refractivity contribution is 5.27. The monoisotopic (exact) mass is 193 g/mol. The van der Waals surface area contributed by atoms with Crippen LogP contribution < -0.4 is 10.5 Å². The molecule has 0 fully saturated rings. The molecular formula is C12H19NO. The third-order valence-electron chi connectivity index (χ3n) is 2.22. The Bertz CT molecular complexity index is 277. The average Bonchev–Trinajstić information content (AvgIpc) is 2.19. The van der Waals surface area contributed by atoms with Gasteiger partial charge in [0.1, 0.15) is 11.4 Å². The van der Waals surface area contributed by atoms with Crippen molar-refractivity contribution in [3.8, 4) is 5.75 Å². The molecule has 0 aliphatic heterocycles. The molecule has 0 unspecified atom stereocenters. The Hall–Kier alpha value is -1.02. The maximum Gasteiger partial charge on any atom is 0.120 e. The van der Waals surface area contributed by atoms with Gasteiger partial charge in [0, 0.05) is 6.54 Å². The Kier molecular flexibility index (Phi) is 3.53. The highest BCUT2D eigenvalue weighted by Gasteiger charge is 2.16. The van der Waals surface area contributed by atoms with E-state index in [2.05, 4.69) is 19.1 Å². The number of aryl methyl sites for hydroxylation is 1. The van der Waals surface area contributed by atoms with E-state index in [1.165, 1.54) is 5.56 Å². The lowest BCUT2D eigenvalue weighted by atomic mass is 10.1. The Morgan fingerprint density at radius 2 is 1.79 bits per heavy atom. The first-order chi connectivity index (χ1) is 6.57. The van der Waals surface area contributed by atoms with Crippen molar-refractivity contribution in [1.29, 1.82) is 0 Å². The lowest BCUT2D eigenvalue weighted by Crippen LogP contribution is -2.37. The van der Waals surface area contributed by atoms with Gasteiger partial charge in [-0.3, -0.25) is 0 Å². The summed E-state index contributed by atoms with van der Waals surface area (Å²) >= 11 is 0. The number of benzene rings is 1. The van der Waals surface area contributed by atoms with Gasteiger partial charge in [-0.25, -0.2) is 0 Å². The standard InChI is InChI=1S/C12H19NO/c1-4-10-5-7-11(8-6-10)14-12(2,3)9-13/h5-8H,4,9,13H2,1-3H3. The second-order valence-corrected chi connectivity index (χ2v) is 4.06. The van der Waals surface area contributed by atoms with Crippen LogP contribution in [0.3, 0.4) is 0 Å². The number of hydrogen-bond donors (Lipinski definition) is 1. The van der Waals surface area contributed by atoms with Gasteiger partial charge in [-0.05, 0) is 38.0 Å². The SMILES string of the molecule is CCc1ccc(OC(C)(C)CN)cc1. The van der Waals surface area contributed by atoms with Gasteiger partial charge in [0.2, 0.25) is 0 Å². The van der Waals surface area contributed by atoms with Crippen LogP contribution in [0.4, 0.5) is 0 Å². The summed E-state index contributed by atoms with van der Waals surface area (Å²) in [6.07, 6.45) is 1.06. The van der Waals surface area contributed by atoms with Gasteiger partial charge in [0.15, 0.2) is 0 Å².